The minimum absolute atomic E-state index is 0.125. The highest BCUT2D eigenvalue weighted by Gasteiger charge is 2.43. The molecule has 0 aliphatic carbocycles. The van der Waals surface area contributed by atoms with E-state index in [9.17, 15) is 13.2 Å². The van der Waals surface area contributed by atoms with Crippen molar-refractivity contribution >= 4 is 5.97 Å². The molecule has 1 N–H and O–H groups in total. The third-order valence-corrected chi connectivity index (χ3v) is 6.44. The van der Waals surface area contributed by atoms with E-state index in [-0.39, 0.29) is 5.60 Å². The number of alkyl halides is 3. The monoisotopic (exact) mass is 503 g/mol. The normalized spacial score (nSPS) is 19.5. The molecule has 1 atom stereocenters. The number of imidazole rings is 1. The van der Waals surface area contributed by atoms with Crippen LogP contribution in [-0.4, -0.2) is 57.5 Å². The van der Waals surface area contributed by atoms with Gasteiger partial charge in [-0.1, -0.05) is 42.0 Å². The molecule has 0 radical (unpaired) electrons. The number of hydrogen-bond acceptors (Lipinski definition) is 5. The summed E-state index contributed by atoms with van der Waals surface area (Å²) in [7, 11) is 1.70. The summed E-state index contributed by atoms with van der Waals surface area (Å²) in [5.74, 6) is -0.828. The van der Waals surface area contributed by atoms with Crippen molar-refractivity contribution in [2.75, 3.05) is 20.2 Å². The van der Waals surface area contributed by atoms with Gasteiger partial charge in [-0.15, -0.1) is 0 Å². The van der Waals surface area contributed by atoms with Gasteiger partial charge in [0.25, 0.3) is 0 Å². The maximum atomic E-state index is 10.6. The lowest BCUT2D eigenvalue weighted by Gasteiger charge is -2.35. The number of rotatable bonds is 4. The van der Waals surface area contributed by atoms with Crippen molar-refractivity contribution < 1.29 is 32.5 Å². The van der Waals surface area contributed by atoms with Crippen LogP contribution in [0, 0.1) is 6.92 Å². The molecule has 1 aromatic heterocycles. The van der Waals surface area contributed by atoms with Gasteiger partial charge in [-0.25, -0.2) is 9.78 Å². The summed E-state index contributed by atoms with van der Waals surface area (Å²) in [6.45, 7) is 6.51. The van der Waals surface area contributed by atoms with Gasteiger partial charge in [0.1, 0.15) is 23.8 Å². The van der Waals surface area contributed by atoms with Crippen LogP contribution >= 0.6 is 0 Å². The molecule has 1 fully saturated rings. The summed E-state index contributed by atoms with van der Waals surface area (Å²) in [6, 6.07) is 17.1. The molecule has 3 heterocycles. The number of carboxylic acids is 1. The van der Waals surface area contributed by atoms with Crippen LogP contribution in [0.5, 0.6) is 5.75 Å². The Morgan fingerprint density at radius 1 is 1.14 bits per heavy atom. The van der Waals surface area contributed by atoms with Crippen molar-refractivity contribution in [2.24, 2.45) is 0 Å². The number of ether oxygens (including phenoxy) is 2. The molecule has 0 bridgehead atoms. The Morgan fingerprint density at radius 2 is 1.81 bits per heavy atom. The van der Waals surface area contributed by atoms with E-state index in [1.165, 1.54) is 22.4 Å². The van der Waals surface area contributed by atoms with Crippen molar-refractivity contribution in [1.82, 2.24) is 14.5 Å². The number of aromatic nitrogens is 2. The smallest absolute Gasteiger partial charge is 0.490 e. The molecule has 192 valence electrons. The first-order valence-corrected chi connectivity index (χ1v) is 11.5. The Labute approximate surface area is 207 Å². The van der Waals surface area contributed by atoms with E-state index in [1.807, 2.05) is 18.3 Å². The summed E-state index contributed by atoms with van der Waals surface area (Å²) in [5, 5.41) is 7.12. The topological polar surface area (TPSA) is 76.8 Å². The zero-order chi connectivity index (χ0) is 25.9. The lowest BCUT2D eigenvalue weighted by Crippen LogP contribution is -2.44. The minimum atomic E-state index is -5.08. The van der Waals surface area contributed by atoms with E-state index in [1.54, 1.807) is 7.11 Å². The fourth-order valence-corrected chi connectivity index (χ4v) is 4.51. The average Bonchev–Trinajstić information content (AvgIpc) is 3.44. The third kappa shape index (κ3) is 5.88. The first-order chi connectivity index (χ1) is 17.1. The molecule has 5 rings (SSSR count). The standard InChI is InChI=1S/C24H27N3O2.C2HF3O2/c1-18-3-7-20(8-4-18)22-13-25-23-15-29-24(17-27(22)23)11-12-26(16-24)14-19-5-9-21(28-2)10-6-19;3-2(4,5)1(6)7/h3-10,13H,11-12,14-17H2,1-2H3;(H,6,7). The number of benzene rings is 2. The number of likely N-dealkylation sites (tertiary alicyclic amines) is 1. The Morgan fingerprint density at radius 3 is 2.42 bits per heavy atom. The molecule has 1 saturated heterocycles. The van der Waals surface area contributed by atoms with Gasteiger partial charge in [0, 0.05) is 19.6 Å². The molecule has 2 aliphatic rings. The number of aliphatic carboxylic acids is 1. The number of carbonyl (C=O) groups is 1. The molecular weight excluding hydrogens is 475 g/mol. The van der Waals surface area contributed by atoms with Gasteiger partial charge in [-0.3, -0.25) is 4.90 Å². The fraction of sp³-hybridized carbons (Fsp3) is 0.385. The Bertz CT molecular complexity index is 1190. The molecule has 2 aromatic carbocycles. The van der Waals surface area contributed by atoms with Crippen LogP contribution in [0.4, 0.5) is 13.2 Å². The zero-order valence-corrected chi connectivity index (χ0v) is 20.1. The van der Waals surface area contributed by atoms with Crippen LogP contribution in [0.3, 0.4) is 0 Å². The second-order valence-electron chi connectivity index (χ2n) is 9.10. The molecule has 2 aliphatic heterocycles. The maximum Gasteiger partial charge on any atom is 0.490 e. The van der Waals surface area contributed by atoms with Gasteiger partial charge in [-0.05, 0) is 36.6 Å². The number of halogens is 3. The van der Waals surface area contributed by atoms with E-state index < -0.39 is 12.1 Å². The zero-order valence-electron chi connectivity index (χ0n) is 20.1. The molecule has 1 unspecified atom stereocenters. The van der Waals surface area contributed by atoms with Crippen LogP contribution in [-0.2, 0) is 29.2 Å². The molecular formula is C26H28F3N3O4. The van der Waals surface area contributed by atoms with Crippen LogP contribution in [0.25, 0.3) is 11.3 Å². The Balaban J connectivity index is 0.000000384. The predicted octanol–water partition coefficient (Wildman–Crippen LogP) is 4.68. The largest absolute Gasteiger partial charge is 0.497 e. The molecule has 0 saturated carbocycles. The van der Waals surface area contributed by atoms with Crippen LogP contribution in [0.15, 0.2) is 54.7 Å². The van der Waals surface area contributed by atoms with Gasteiger partial charge in [0.15, 0.2) is 0 Å². The number of fused-ring (bicyclic) bond motifs is 1. The summed E-state index contributed by atoms with van der Waals surface area (Å²) in [4.78, 5) is 16.0. The molecule has 7 nitrogen and oxygen atoms in total. The van der Waals surface area contributed by atoms with Gasteiger partial charge in [0.2, 0.25) is 0 Å². The van der Waals surface area contributed by atoms with Gasteiger partial charge >= 0.3 is 12.1 Å². The second-order valence-corrected chi connectivity index (χ2v) is 9.10. The lowest BCUT2D eigenvalue weighted by atomic mass is 10.0. The highest BCUT2D eigenvalue weighted by Crippen LogP contribution is 2.35. The van der Waals surface area contributed by atoms with Crippen LogP contribution in [0.1, 0.15) is 23.4 Å². The van der Waals surface area contributed by atoms with E-state index >= 15 is 0 Å². The van der Waals surface area contributed by atoms with Gasteiger partial charge in [0.05, 0.1) is 25.5 Å². The van der Waals surface area contributed by atoms with Crippen molar-refractivity contribution in [3.63, 3.8) is 0 Å². The third-order valence-electron chi connectivity index (χ3n) is 6.44. The number of hydrogen-bond donors (Lipinski definition) is 1. The van der Waals surface area contributed by atoms with Crippen LogP contribution < -0.4 is 4.74 Å². The second kappa shape index (κ2) is 10.3. The molecule has 10 heteroatoms. The van der Waals surface area contributed by atoms with E-state index in [2.05, 4.69) is 57.8 Å². The molecule has 0 amide bonds. The first kappa shape index (κ1) is 25.7. The summed E-state index contributed by atoms with van der Waals surface area (Å²) >= 11 is 0. The quantitative estimate of drug-likeness (QED) is 0.558. The number of carboxylic acid groups (broad SMARTS) is 1. The van der Waals surface area contributed by atoms with Crippen molar-refractivity contribution in [2.45, 2.75) is 44.8 Å². The van der Waals surface area contributed by atoms with Gasteiger partial charge < -0.3 is 19.1 Å². The maximum absolute atomic E-state index is 10.6. The summed E-state index contributed by atoms with van der Waals surface area (Å²) in [5.41, 5.74) is 4.87. The summed E-state index contributed by atoms with van der Waals surface area (Å²) < 4.78 is 45.7. The SMILES string of the molecule is COc1ccc(CN2CCC3(C2)Cn2c(-c4ccc(C)cc4)cnc2CO3)cc1.O=C(O)C(F)(F)F. The number of nitrogens with zero attached hydrogens (tertiary/aromatic N) is 3. The first-order valence-electron chi connectivity index (χ1n) is 11.5. The number of aryl methyl sites for hydroxylation is 1. The van der Waals surface area contributed by atoms with E-state index in [0.29, 0.717) is 6.61 Å². The predicted molar refractivity (Wildman–Crippen MR) is 126 cm³/mol. The fourth-order valence-electron chi connectivity index (χ4n) is 4.51. The average molecular weight is 504 g/mol. The van der Waals surface area contributed by atoms with E-state index in [0.717, 1.165) is 44.2 Å². The Hall–Kier alpha value is -3.37. The van der Waals surface area contributed by atoms with Crippen molar-refractivity contribution in [1.29, 1.82) is 0 Å². The minimum Gasteiger partial charge on any atom is -0.497 e. The Kier molecular flexibility index (Phi) is 7.37. The van der Waals surface area contributed by atoms with Crippen molar-refractivity contribution in [3.05, 3.63) is 71.7 Å². The molecule has 36 heavy (non-hydrogen) atoms. The summed E-state index contributed by atoms with van der Waals surface area (Å²) in [6.07, 6.45) is -2.04. The van der Waals surface area contributed by atoms with E-state index in [4.69, 9.17) is 19.4 Å². The number of methoxy groups -OCH3 is 1. The lowest BCUT2D eigenvalue weighted by molar-refractivity contribution is -0.192. The van der Waals surface area contributed by atoms with Crippen molar-refractivity contribution in [3.8, 4) is 17.0 Å². The highest BCUT2D eigenvalue weighted by atomic mass is 19.4. The molecule has 1 spiro atoms. The van der Waals surface area contributed by atoms with Crippen LogP contribution in [0.2, 0.25) is 0 Å². The molecule has 3 aromatic rings. The van der Waals surface area contributed by atoms with Gasteiger partial charge in [-0.2, -0.15) is 13.2 Å². The highest BCUT2D eigenvalue weighted by molar-refractivity contribution is 5.73.